The lowest BCUT2D eigenvalue weighted by atomic mass is 9.78. The normalized spacial score (nSPS) is 18.7. The number of hydrogen-bond acceptors (Lipinski definition) is 3. The van der Waals surface area contributed by atoms with Crippen LogP contribution in [0.3, 0.4) is 0 Å². The van der Waals surface area contributed by atoms with Gasteiger partial charge in [0.15, 0.2) is 0 Å². The molecule has 3 nitrogen and oxygen atoms in total. The Morgan fingerprint density at radius 3 is 2.11 bits per heavy atom. The third-order valence-corrected chi connectivity index (χ3v) is 7.79. The summed E-state index contributed by atoms with van der Waals surface area (Å²) in [6.07, 6.45) is 15.5. The van der Waals surface area contributed by atoms with Crippen LogP contribution in [-0.4, -0.2) is 12.6 Å². The Bertz CT molecular complexity index is 847. The molecule has 0 radical (unpaired) electrons. The molecule has 0 bridgehead atoms. The molecular formula is C32H46O3. The van der Waals surface area contributed by atoms with Crippen LogP contribution in [0.4, 0.5) is 0 Å². The van der Waals surface area contributed by atoms with Crippen molar-refractivity contribution in [2.75, 3.05) is 6.61 Å². The number of rotatable bonds is 14. The molecule has 1 aliphatic carbocycles. The Morgan fingerprint density at radius 2 is 1.49 bits per heavy atom. The Kier molecular flexibility index (Phi) is 11.7. The fourth-order valence-electron chi connectivity index (χ4n) is 5.15. The first-order valence-electron chi connectivity index (χ1n) is 14.1. The summed E-state index contributed by atoms with van der Waals surface area (Å²) in [7, 11) is 0. The van der Waals surface area contributed by atoms with Crippen LogP contribution in [-0.2, 0) is 6.42 Å². The van der Waals surface area contributed by atoms with Gasteiger partial charge in [-0.05, 0) is 85.4 Å². The molecule has 2 aromatic rings. The highest BCUT2D eigenvalue weighted by Gasteiger charge is 2.20. The van der Waals surface area contributed by atoms with Crippen molar-refractivity contribution in [3.05, 3.63) is 59.7 Å². The summed E-state index contributed by atoms with van der Waals surface area (Å²) in [5.74, 6) is 3.70. The number of carbonyl (C=O) groups is 1. The van der Waals surface area contributed by atoms with Gasteiger partial charge < -0.3 is 9.47 Å². The van der Waals surface area contributed by atoms with Crippen LogP contribution in [0.2, 0.25) is 0 Å². The van der Waals surface area contributed by atoms with E-state index in [9.17, 15) is 4.79 Å². The van der Waals surface area contributed by atoms with Crippen LogP contribution < -0.4 is 9.47 Å². The number of hydrogen-bond donors (Lipinski definition) is 0. The van der Waals surface area contributed by atoms with E-state index in [0.29, 0.717) is 17.9 Å². The molecule has 1 aliphatic rings. The molecule has 0 N–H and O–H groups in total. The summed E-state index contributed by atoms with van der Waals surface area (Å²) in [6.45, 7) is 7.55. The molecule has 3 rings (SSSR count). The molecule has 35 heavy (non-hydrogen) atoms. The summed E-state index contributed by atoms with van der Waals surface area (Å²) >= 11 is 0. The molecule has 1 unspecified atom stereocenters. The lowest BCUT2D eigenvalue weighted by Gasteiger charge is -2.28. The van der Waals surface area contributed by atoms with Gasteiger partial charge in [-0.1, -0.05) is 84.3 Å². The highest BCUT2D eigenvalue weighted by atomic mass is 16.5. The lowest BCUT2D eigenvalue weighted by molar-refractivity contribution is 0.0734. The molecule has 0 heterocycles. The van der Waals surface area contributed by atoms with Crippen molar-refractivity contribution in [3.63, 3.8) is 0 Å². The Labute approximate surface area is 213 Å². The maximum atomic E-state index is 12.5. The second-order valence-corrected chi connectivity index (χ2v) is 10.6. The summed E-state index contributed by atoms with van der Waals surface area (Å²) < 4.78 is 11.4. The summed E-state index contributed by atoms with van der Waals surface area (Å²) in [5, 5.41) is 0. The van der Waals surface area contributed by atoms with Gasteiger partial charge in [0.1, 0.15) is 11.5 Å². The van der Waals surface area contributed by atoms with Crippen LogP contribution >= 0.6 is 0 Å². The quantitative estimate of drug-likeness (QED) is 0.154. The van der Waals surface area contributed by atoms with Gasteiger partial charge in [-0.3, -0.25) is 0 Å². The standard InChI is InChI=1S/C32H46O3/c1-4-8-26-10-12-27(13-11-26)14-15-28-16-20-31(21-17-28)35-32(33)29-18-22-30(23-19-29)34-24-7-6-9-25(3)5-2/h16-23,25-27H,4-15,24H2,1-3H3. The number of aryl methyl sites for hydroxylation is 1. The zero-order valence-electron chi connectivity index (χ0n) is 22.3. The van der Waals surface area contributed by atoms with Crippen LogP contribution in [0.25, 0.3) is 0 Å². The summed E-state index contributed by atoms with van der Waals surface area (Å²) in [5.41, 5.74) is 1.86. The van der Waals surface area contributed by atoms with E-state index in [-0.39, 0.29) is 5.97 Å². The first-order chi connectivity index (χ1) is 17.1. The molecule has 0 amide bonds. The average molecular weight is 479 g/mol. The SMILES string of the molecule is CCCC1CCC(CCc2ccc(OC(=O)c3ccc(OCCCCC(C)CC)cc3)cc2)CC1. The third kappa shape index (κ3) is 9.70. The second-order valence-electron chi connectivity index (χ2n) is 10.6. The highest BCUT2D eigenvalue weighted by Crippen LogP contribution is 2.34. The Balaban J connectivity index is 1.36. The van der Waals surface area contributed by atoms with E-state index in [2.05, 4.69) is 32.9 Å². The van der Waals surface area contributed by atoms with Crippen molar-refractivity contribution >= 4 is 5.97 Å². The fraction of sp³-hybridized carbons (Fsp3) is 0.594. The first-order valence-corrected chi connectivity index (χ1v) is 14.1. The van der Waals surface area contributed by atoms with Crippen molar-refractivity contribution in [2.24, 2.45) is 17.8 Å². The highest BCUT2D eigenvalue weighted by molar-refractivity contribution is 5.91. The van der Waals surface area contributed by atoms with Crippen molar-refractivity contribution in [2.45, 2.75) is 97.8 Å². The van der Waals surface area contributed by atoms with E-state index in [0.717, 1.165) is 36.3 Å². The van der Waals surface area contributed by atoms with Crippen molar-refractivity contribution in [1.82, 2.24) is 0 Å². The number of carbonyl (C=O) groups excluding carboxylic acids is 1. The monoisotopic (exact) mass is 478 g/mol. The first kappa shape index (κ1) is 27.3. The largest absolute Gasteiger partial charge is 0.494 e. The molecular weight excluding hydrogens is 432 g/mol. The predicted molar refractivity (Wildman–Crippen MR) is 145 cm³/mol. The minimum absolute atomic E-state index is 0.332. The van der Waals surface area contributed by atoms with Gasteiger partial charge in [0, 0.05) is 0 Å². The lowest BCUT2D eigenvalue weighted by Crippen LogP contribution is -2.15. The van der Waals surface area contributed by atoms with E-state index < -0.39 is 0 Å². The van der Waals surface area contributed by atoms with E-state index in [1.807, 2.05) is 24.3 Å². The maximum Gasteiger partial charge on any atom is 0.343 e. The van der Waals surface area contributed by atoms with E-state index in [1.165, 1.54) is 69.8 Å². The van der Waals surface area contributed by atoms with Gasteiger partial charge in [0.25, 0.3) is 0 Å². The van der Waals surface area contributed by atoms with Crippen molar-refractivity contribution in [1.29, 1.82) is 0 Å². The molecule has 0 aliphatic heterocycles. The number of ether oxygens (including phenoxy) is 2. The van der Waals surface area contributed by atoms with Gasteiger partial charge in [0.05, 0.1) is 12.2 Å². The maximum absolute atomic E-state index is 12.5. The minimum Gasteiger partial charge on any atom is -0.494 e. The van der Waals surface area contributed by atoms with Crippen molar-refractivity contribution in [3.8, 4) is 11.5 Å². The van der Waals surface area contributed by atoms with Crippen LogP contribution in [0.1, 0.15) is 107 Å². The number of unbranched alkanes of at least 4 members (excludes halogenated alkanes) is 1. The Hall–Kier alpha value is -2.29. The van der Waals surface area contributed by atoms with Crippen LogP contribution in [0.15, 0.2) is 48.5 Å². The van der Waals surface area contributed by atoms with Crippen molar-refractivity contribution < 1.29 is 14.3 Å². The minimum atomic E-state index is -0.332. The summed E-state index contributed by atoms with van der Waals surface area (Å²) in [4.78, 5) is 12.5. The molecule has 1 atom stereocenters. The van der Waals surface area contributed by atoms with Gasteiger partial charge >= 0.3 is 5.97 Å². The van der Waals surface area contributed by atoms with E-state index in [4.69, 9.17) is 9.47 Å². The third-order valence-electron chi connectivity index (χ3n) is 7.79. The molecule has 192 valence electrons. The molecule has 1 fully saturated rings. The second kappa shape index (κ2) is 15.0. The van der Waals surface area contributed by atoms with Gasteiger partial charge in [-0.25, -0.2) is 4.79 Å². The molecule has 1 saturated carbocycles. The van der Waals surface area contributed by atoms with Crippen LogP contribution in [0, 0.1) is 17.8 Å². The van der Waals surface area contributed by atoms with E-state index >= 15 is 0 Å². The molecule has 2 aromatic carbocycles. The molecule has 0 aromatic heterocycles. The number of esters is 1. The molecule has 0 saturated heterocycles. The molecule has 3 heteroatoms. The predicted octanol–water partition coefficient (Wildman–Crippen LogP) is 9.04. The smallest absolute Gasteiger partial charge is 0.343 e. The zero-order chi connectivity index (χ0) is 24.9. The Morgan fingerprint density at radius 1 is 0.857 bits per heavy atom. The molecule has 0 spiro atoms. The van der Waals surface area contributed by atoms with Gasteiger partial charge in [-0.15, -0.1) is 0 Å². The zero-order valence-corrected chi connectivity index (χ0v) is 22.3. The van der Waals surface area contributed by atoms with E-state index in [1.54, 1.807) is 12.1 Å². The van der Waals surface area contributed by atoms with Gasteiger partial charge in [-0.2, -0.15) is 0 Å². The van der Waals surface area contributed by atoms with Crippen LogP contribution in [0.5, 0.6) is 11.5 Å². The number of benzene rings is 2. The van der Waals surface area contributed by atoms with Gasteiger partial charge in [0.2, 0.25) is 0 Å². The summed E-state index contributed by atoms with van der Waals surface area (Å²) in [6, 6.07) is 15.3. The fourth-order valence-corrected chi connectivity index (χ4v) is 5.15. The average Bonchev–Trinajstić information content (AvgIpc) is 2.89. The topological polar surface area (TPSA) is 35.5 Å².